The number of carbonyl (C=O) groups excluding carboxylic acids is 1. The van der Waals surface area contributed by atoms with E-state index in [4.69, 9.17) is 5.26 Å². The van der Waals surface area contributed by atoms with E-state index in [1.54, 1.807) is 18.5 Å². The Morgan fingerprint density at radius 3 is 2.78 bits per heavy atom. The van der Waals surface area contributed by atoms with Crippen molar-refractivity contribution >= 4 is 5.91 Å². The molecular weight excluding hydrogens is 228 g/mol. The zero-order valence-electron chi connectivity index (χ0n) is 9.50. The summed E-state index contributed by atoms with van der Waals surface area (Å²) >= 11 is 0. The Bertz CT molecular complexity index is 589. The average Bonchev–Trinajstić information content (AvgIpc) is 2.46. The first-order chi connectivity index (χ1) is 8.79. The number of nitrogens with zero attached hydrogens (tertiary/aromatic N) is 3. The summed E-state index contributed by atoms with van der Waals surface area (Å²) in [5.74, 6) is -0.231. The van der Waals surface area contributed by atoms with E-state index in [1.807, 2.05) is 18.2 Å². The maximum atomic E-state index is 11.8. The Morgan fingerprint density at radius 1 is 1.28 bits per heavy atom. The number of rotatable bonds is 3. The van der Waals surface area contributed by atoms with Gasteiger partial charge in [0, 0.05) is 30.7 Å². The predicted molar refractivity (Wildman–Crippen MR) is 64.4 cm³/mol. The minimum atomic E-state index is -0.231. The molecule has 1 N–H and O–H groups in total. The number of hydrogen-bond acceptors (Lipinski definition) is 4. The lowest BCUT2D eigenvalue weighted by Gasteiger charge is -2.04. The van der Waals surface area contributed by atoms with E-state index in [1.165, 1.54) is 12.3 Å². The number of nitrogens with one attached hydrogen (secondary N) is 1. The first-order valence-electron chi connectivity index (χ1n) is 5.33. The fourth-order valence-electron chi connectivity index (χ4n) is 1.42. The van der Waals surface area contributed by atoms with E-state index in [-0.39, 0.29) is 11.6 Å². The van der Waals surface area contributed by atoms with Crippen LogP contribution in [0.25, 0.3) is 0 Å². The van der Waals surface area contributed by atoms with Crippen molar-refractivity contribution in [2.75, 3.05) is 0 Å². The van der Waals surface area contributed by atoms with Crippen LogP contribution in [0.3, 0.4) is 0 Å². The number of pyridine rings is 2. The van der Waals surface area contributed by atoms with Gasteiger partial charge in [-0.2, -0.15) is 5.26 Å². The van der Waals surface area contributed by atoms with Gasteiger partial charge in [-0.05, 0) is 29.8 Å². The van der Waals surface area contributed by atoms with Gasteiger partial charge in [0.2, 0.25) is 0 Å². The summed E-state index contributed by atoms with van der Waals surface area (Å²) in [5.41, 5.74) is 1.62. The molecule has 0 bridgehead atoms. The van der Waals surface area contributed by atoms with Crippen LogP contribution in [0, 0.1) is 11.3 Å². The Morgan fingerprint density at radius 2 is 2.06 bits per heavy atom. The lowest BCUT2D eigenvalue weighted by atomic mass is 10.2. The largest absolute Gasteiger partial charge is 0.348 e. The molecule has 0 radical (unpaired) electrons. The molecule has 2 rings (SSSR count). The van der Waals surface area contributed by atoms with Crippen molar-refractivity contribution in [3.05, 3.63) is 59.7 Å². The molecule has 0 fully saturated rings. The minimum absolute atomic E-state index is 0.228. The Hall–Kier alpha value is -2.74. The monoisotopic (exact) mass is 238 g/mol. The lowest BCUT2D eigenvalue weighted by Crippen LogP contribution is -2.22. The first-order valence-corrected chi connectivity index (χ1v) is 5.33. The third-order valence-corrected chi connectivity index (χ3v) is 2.34. The highest BCUT2D eigenvalue weighted by Gasteiger charge is 2.06. The molecule has 0 aliphatic heterocycles. The Balaban J connectivity index is 2.02. The molecule has 0 aliphatic carbocycles. The van der Waals surface area contributed by atoms with Gasteiger partial charge in [-0.15, -0.1) is 0 Å². The highest BCUT2D eigenvalue weighted by Crippen LogP contribution is 2.02. The molecule has 0 spiro atoms. The lowest BCUT2D eigenvalue weighted by molar-refractivity contribution is 0.0950. The summed E-state index contributed by atoms with van der Waals surface area (Å²) in [7, 11) is 0. The molecule has 0 atom stereocenters. The van der Waals surface area contributed by atoms with Gasteiger partial charge in [0.05, 0.1) is 0 Å². The molecule has 0 unspecified atom stereocenters. The van der Waals surface area contributed by atoms with E-state index >= 15 is 0 Å². The van der Waals surface area contributed by atoms with Gasteiger partial charge in [-0.25, -0.2) is 4.98 Å². The maximum Gasteiger partial charge on any atom is 0.251 e. The zero-order chi connectivity index (χ0) is 12.8. The topological polar surface area (TPSA) is 78.7 Å². The summed E-state index contributed by atoms with van der Waals surface area (Å²) in [6.07, 6.45) is 4.78. The van der Waals surface area contributed by atoms with Crippen LogP contribution >= 0.6 is 0 Å². The quantitative estimate of drug-likeness (QED) is 0.873. The van der Waals surface area contributed by atoms with E-state index in [0.717, 1.165) is 5.56 Å². The molecule has 0 aromatic carbocycles. The molecule has 5 nitrogen and oxygen atoms in total. The van der Waals surface area contributed by atoms with Crippen LogP contribution in [0.5, 0.6) is 0 Å². The van der Waals surface area contributed by atoms with Crippen molar-refractivity contribution < 1.29 is 4.79 Å². The molecule has 0 saturated carbocycles. The van der Waals surface area contributed by atoms with Crippen molar-refractivity contribution in [2.45, 2.75) is 6.54 Å². The van der Waals surface area contributed by atoms with Crippen LogP contribution in [0.1, 0.15) is 21.6 Å². The van der Waals surface area contributed by atoms with Crippen LogP contribution in [-0.4, -0.2) is 15.9 Å². The predicted octanol–water partition coefficient (Wildman–Crippen LogP) is 1.28. The van der Waals surface area contributed by atoms with Gasteiger partial charge in [-0.1, -0.05) is 0 Å². The van der Waals surface area contributed by atoms with Crippen LogP contribution in [0.15, 0.2) is 42.9 Å². The molecule has 0 saturated heterocycles. The fourth-order valence-corrected chi connectivity index (χ4v) is 1.42. The second kappa shape index (κ2) is 5.55. The molecule has 5 heteroatoms. The van der Waals surface area contributed by atoms with E-state index < -0.39 is 0 Å². The van der Waals surface area contributed by atoms with E-state index in [9.17, 15) is 4.79 Å². The van der Waals surface area contributed by atoms with Crippen molar-refractivity contribution in [3.63, 3.8) is 0 Å². The summed E-state index contributed by atoms with van der Waals surface area (Å²) in [4.78, 5) is 19.5. The van der Waals surface area contributed by atoms with Gasteiger partial charge in [0.15, 0.2) is 0 Å². The van der Waals surface area contributed by atoms with Gasteiger partial charge < -0.3 is 5.32 Å². The molecule has 2 heterocycles. The van der Waals surface area contributed by atoms with Crippen molar-refractivity contribution in [1.29, 1.82) is 5.26 Å². The molecule has 18 heavy (non-hydrogen) atoms. The van der Waals surface area contributed by atoms with Crippen molar-refractivity contribution in [2.24, 2.45) is 0 Å². The molecule has 0 aliphatic rings. The highest BCUT2D eigenvalue weighted by atomic mass is 16.1. The first kappa shape index (κ1) is 11.7. The number of carbonyl (C=O) groups is 1. The molecular formula is C13H10N4O. The molecule has 1 amide bonds. The van der Waals surface area contributed by atoms with Crippen LogP contribution < -0.4 is 5.32 Å². The third-order valence-electron chi connectivity index (χ3n) is 2.34. The van der Waals surface area contributed by atoms with Gasteiger partial charge in [0.1, 0.15) is 11.8 Å². The number of aromatic nitrogens is 2. The van der Waals surface area contributed by atoms with Gasteiger partial charge in [-0.3, -0.25) is 9.78 Å². The smallest absolute Gasteiger partial charge is 0.251 e. The second-order valence-corrected chi connectivity index (χ2v) is 3.58. The fraction of sp³-hybridized carbons (Fsp3) is 0.0769. The summed E-state index contributed by atoms with van der Waals surface area (Å²) < 4.78 is 0. The number of hydrogen-bond donors (Lipinski definition) is 1. The SMILES string of the molecule is N#Cc1cc(C(=O)NCc2ccncc2)ccn1. The Labute approximate surface area is 104 Å². The van der Waals surface area contributed by atoms with Crippen LogP contribution in [0.4, 0.5) is 0 Å². The van der Waals surface area contributed by atoms with Gasteiger partial charge >= 0.3 is 0 Å². The van der Waals surface area contributed by atoms with Crippen molar-refractivity contribution in [3.8, 4) is 6.07 Å². The molecule has 2 aromatic rings. The molecule has 2 aromatic heterocycles. The third kappa shape index (κ3) is 2.89. The number of amides is 1. The maximum absolute atomic E-state index is 11.8. The Kier molecular flexibility index (Phi) is 3.62. The summed E-state index contributed by atoms with van der Waals surface area (Å²) in [6, 6.07) is 8.58. The zero-order valence-corrected chi connectivity index (χ0v) is 9.50. The van der Waals surface area contributed by atoms with Crippen LogP contribution in [0.2, 0.25) is 0 Å². The summed E-state index contributed by atoms with van der Waals surface area (Å²) in [6.45, 7) is 0.422. The van der Waals surface area contributed by atoms with Crippen LogP contribution in [-0.2, 0) is 6.54 Å². The van der Waals surface area contributed by atoms with E-state index in [2.05, 4.69) is 15.3 Å². The van der Waals surface area contributed by atoms with Gasteiger partial charge in [0.25, 0.3) is 5.91 Å². The average molecular weight is 238 g/mol. The van der Waals surface area contributed by atoms with Crippen molar-refractivity contribution in [1.82, 2.24) is 15.3 Å². The molecule has 88 valence electrons. The summed E-state index contributed by atoms with van der Waals surface area (Å²) in [5, 5.41) is 11.5. The number of nitriles is 1. The van der Waals surface area contributed by atoms with E-state index in [0.29, 0.717) is 12.1 Å². The second-order valence-electron chi connectivity index (χ2n) is 3.58. The highest BCUT2D eigenvalue weighted by molar-refractivity contribution is 5.94. The standard InChI is InChI=1S/C13H10N4O/c14-8-12-7-11(3-6-16-12)13(18)17-9-10-1-4-15-5-2-10/h1-7H,9H2,(H,17,18). The normalized spacial score (nSPS) is 9.50. The minimum Gasteiger partial charge on any atom is -0.348 e.